The van der Waals surface area contributed by atoms with E-state index in [-0.39, 0.29) is 19.1 Å². The minimum Gasteiger partial charge on any atom is -0.493 e. The minimum absolute atomic E-state index is 0.242. The molecule has 1 saturated heterocycles. The van der Waals surface area contributed by atoms with Crippen molar-refractivity contribution in [1.29, 1.82) is 0 Å². The average molecular weight is 739 g/mol. The van der Waals surface area contributed by atoms with Crippen molar-refractivity contribution in [3.8, 4) is 11.5 Å². The molecule has 3 amide bonds. The average Bonchev–Trinajstić information content (AvgIpc) is 3.51. The zero-order valence-electron chi connectivity index (χ0n) is 25.4. The standard InChI is InChI=1S/C33H28BrN3O8S2/c1-4-45-32(41)17-5-10-20(11-6-17)35-24(38)16-36-31-28(47-33(36)42)25(18-7-14-22(43-2)23(15-18)44-3)26-27(46-31)30(40)37(29(26)39)21-12-8-19(34)9-13-21/h5-15,25-27H,4,16H2,1-3H3,(H,35,38)/t25-,26-,27+/m0/s1. The molecule has 3 aromatic carbocycles. The first kappa shape index (κ1) is 32.5. The van der Waals surface area contributed by atoms with Crippen LogP contribution in [0.5, 0.6) is 11.5 Å². The number of methoxy groups -OCH3 is 2. The summed E-state index contributed by atoms with van der Waals surface area (Å²) in [4.78, 5) is 68.2. The first-order chi connectivity index (χ1) is 22.6. The van der Waals surface area contributed by atoms with Gasteiger partial charge >= 0.3 is 10.8 Å². The summed E-state index contributed by atoms with van der Waals surface area (Å²) in [6.07, 6.45) is 0. The molecule has 3 atom stereocenters. The first-order valence-electron chi connectivity index (χ1n) is 14.5. The number of carbonyl (C=O) groups is 4. The molecule has 11 nitrogen and oxygen atoms in total. The Hall–Kier alpha value is -4.40. The number of hydrogen-bond acceptors (Lipinski definition) is 10. The maximum atomic E-state index is 14.1. The number of thioether (sulfide) groups is 1. The van der Waals surface area contributed by atoms with Crippen LogP contribution in [0.2, 0.25) is 0 Å². The number of rotatable bonds is 9. The van der Waals surface area contributed by atoms with Crippen LogP contribution in [0.4, 0.5) is 11.4 Å². The van der Waals surface area contributed by atoms with Crippen molar-refractivity contribution in [2.45, 2.75) is 29.7 Å². The smallest absolute Gasteiger partial charge is 0.338 e. The van der Waals surface area contributed by atoms with Gasteiger partial charge in [0, 0.05) is 21.0 Å². The topological polar surface area (TPSA) is 133 Å². The summed E-state index contributed by atoms with van der Waals surface area (Å²) in [5.41, 5.74) is 1.88. The molecule has 0 unspecified atom stereocenters. The molecule has 3 heterocycles. The third kappa shape index (κ3) is 6.08. The van der Waals surface area contributed by atoms with Gasteiger partial charge in [-0.15, -0.1) is 0 Å². The fraction of sp³-hybridized carbons (Fsp3) is 0.242. The molecule has 0 saturated carbocycles. The number of esters is 1. The lowest BCUT2D eigenvalue weighted by Gasteiger charge is -2.31. The second kappa shape index (κ2) is 13.4. The molecule has 6 rings (SSSR count). The Balaban J connectivity index is 1.37. The Kier molecular flexibility index (Phi) is 9.26. The third-order valence-corrected chi connectivity index (χ3v) is 11.0. The number of benzene rings is 3. The van der Waals surface area contributed by atoms with Gasteiger partial charge in [-0.05, 0) is 73.2 Å². The monoisotopic (exact) mass is 737 g/mol. The molecule has 47 heavy (non-hydrogen) atoms. The lowest BCUT2D eigenvalue weighted by atomic mass is 9.83. The number of carbonyl (C=O) groups excluding carboxylic acids is 4. The quantitative estimate of drug-likeness (QED) is 0.180. The molecule has 4 aromatic rings. The zero-order chi connectivity index (χ0) is 33.4. The molecular formula is C33H28BrN3O8S2. The number of thiazole rings is 1. The summed E-state index contributed by atoms with van der Waals surface area (Å²) in [7, 11) is 3.02. The van der Waals surface area contributed by atoms with E-state index in [2.05, 4.69) is 21.2 Å². The number of anilines is 2. The van der Waals surface area contributed by atoms with Crippen LogP contribution in [-0.4, -0.2) is 54.3 Å². The van der Waals surface area contributed by atoms with Gasteiger partial charge in [0.05, 0.1) is 43.0 Å². The van der Waals surface area contributed by atoms with Crippen LogP contribution >= 0.6 is 39.0 Å². The van der Waals surface area contributed by atoms with Crippen molar-refractivity contribution in [3.63, 3.8) is 0 Å². The normalized spacial score (nSPS) is 18.4. The SMILES string of the molecule is CCOC(=O)c1ccc(NC(=O)Cn2c3c(sc2=O)[C@@H](c2ccc(OC)c(OC)c2)[C@@H]2C(=O)N(c4ccc(Br)cc4)C(=O)[C@@H]2S3)cc1. The Morgan fingerprint density at radius 1 is 0.915 bits per heavy atom. The van der Waals surface area contributed by atoms with Gasteiger partial charge in [0.2, 0.25) is 17.7 Å². The van der Waals surface area contributed by atoms with Gasteiger partial charge in [-0.25, -0.2) is 9.69 Å². The lowest BCUT2D eigenvalue weighted by Crippen LogP contribution is -2.33. The summed E-state index contributed by atoms with van der Waals surface area (Å²) in [5.74, 6) is -2.31. The van der Waals surface area contributed by atoms with Crippen molar-refractivity contribution in [2.24, 2.45) is 5.92 Å². The molecule has 14 heteroatoms. The van der Waals surface area contributed by atoms with Gasteiger partial charge < -0.3 is 19.5 Å². The van der Waals surface area contributed by atoms with Gasteiger partial charge in [0.15, 0.2) is 11.5 Å². The second-order valence-corrected chi connectivity index (χ2v) is 13.7. The summed E-state index contributed by atoms with van der Waals surface area (Å²) < 4.78 is 18.1. The highest BCUT2D eigenvalue weighted by atomic mass is 79.9. The summed E-state index contributed by atoms with van der Waals surface area (Å²) >= 11 is 5.47. The summed E-state index contributed by atoms with van der Waals surface area (Å²) in [6, 6.07) is 18.4. The molecule has 1 N–H and O–H groups in total. The molecule has 1 aromatic heterocycles. The van der Waals surface area contributed by atoms with E-state index < -0.39 is 39.7 Å². The van der Waals surface area contributed by atoms with Crippen LogP contribution in [0.15, 0.2) is 81.0 Å². The highest BCUT2D eigenvalue weighted by Crippen LogP contribution is 2.54. The van der Waals surface area contributed by atoms with E-state index in [0.29, 0.717) is 43.9 Å². The third-order valence-electron chi connectivity index (χ3n) is 7.88. The number of nitrogens with zero attached hydrogens (tertiary/aromatic N) is 2. The molecule has 1 fully saturated rings. The number of hydrogen-bond donors (Lipinski definition) is 1. The van der Waals surface area contributed by atoms with Crippen LogP contribution in [-0.2, 0) is 25.7 Å². The molecule has 0 spiro atoms. The molecule has 0 bridgehead atoms. The fourth-order valence-electron chi connectivity index (χ4n) is 5.75. The molecular weight excluding hydrogens is 710 g/mol. The predicted octanol–water partition coefficient (Wildman–Crippen LogP) is 5.30. The lowest BCUT2D eigenvalue weighted by molar-refractivity contribution is -0.122. The van der Waals surface area contributed by atoms with Gasteiger partial charge in [-0.1, -0.05) is 45.1 Å². The van der Waals surface area contributed by atoms with Gasteiger partial charge in [0.1, 0.15) is 11.8 Å². The van der Waals surface area contributed by atoms with Gasteiger partial charge in [-0.3, -0.25) is 23.7 Å². The second-order valence-electron chi connectivity index (χ2n) is 10.6. The fourth-order valence-corrected chi connectivity index (χ4v) is 8.79. The van der Waals surface area contributed by atoms with E-state index in [4.69, 9.17) is 14.2 Å². The van der Waals surface area contributed by atoms with E-state index in [9.17, 15) is 24.0 Å². The van der Waals surface area contributed by atoms with Crippen LogP contribution in [0, 0.1) is 5.92 Å². The number of imide groups is 1. The largest absolute Gasteiger partial charge is 0.493 e. The van der Waals surface area contributed by atoms with E-state index >= 15 is 0 Å². The number of amides is 3. The molecule has 0 radical (unpaired) electrons. The first-order valence-corrected chi connectivity index (χ1v) is 17.0. The molecule has 2 aliphatic rings. The zero-order valence-corrected chi connectivity index (χ0v) is 28.6. The van der Waals surface area contributed by atoms with Crippen LogP contribution in [0.25, 0.3) is 0 Å². The van der Waals surface area contributed by atoms with E-state index in [0.717, 1.165) is 27.6 Å². The van der Waals surface area contributed by atoms with Crippen molar-refractivity contribution < 1.29 is 33.4 Å². The maximum Gasteiger partial charge on any atom is 0.338 e. The van der Waals surface area contributed by atoms with Crippen molar-refractivity contribution >= 4 is 74.1 Å². The van der Waals surface area contributed by atoms with Crippen molar-refractivity contribution in [3.05, 3.63) is 96.9 Å². The predicted molar refractivity (Wildman–Crippen MR) is 181 cm³/mol. The van der Waals surface area contributed by atoms with Gasteiger partial charge in [-0.2, -0.15) is 0 Å². The highest BCUT2D eigenvalue weighted by molar-refractivity contribution is 9.10. The number of nitrogens with one attached hydrogen (secondary N) is 1. The Labute approximate surface area is 285 Å². The number of halogens is 1. The Bertz CT molecular complexity index is 1940. The number of fused-ring (bicyclic) bond motifs is 2. The van der Waals surface area contributed by atoms with Crippen molar-refractivity contribution in [2.75, 3.05) is 31.0 Å². The number of aromatic nitrogens is 1. The Morgan fingerprint density at radius 2 is 1.62 bits per heavy atom. The van der Waals surface area contributed by atoms with Gasteiger partial charge in [0.25, 0.3) is 0 Å². The van der Waals surface area contributed by atoms with E-state index in [1.54, 1.807) is 61.5 Å². The van der Waals surface area contributed by atoms with Crippen LogP contribution in [0.3, 0.4) is 0 Å². The van der Waals surface area contributed by atoms with Crippen LogP contribution in [0.1, 0.15) is 33.6 Å². The number of ether oxygens (including phenoxy) is 3. The van der Waals surface area contributed by atoms with Crippen molar-refractivity contribution in [1.82, 2.24) is 4.57 Å². The van der Waals surface area contributed by atoms with E-state index in [1.165, 1.54) is 35.8 Å². The molecule has 242 valence electrons. The molecule has 2 aliphatic heterocycles. The summed E-state index contributed by atoms with van der Waals surface area (Å²) in [5, 5.41) is 2.36. The Morgan fingerprint density at radius 3 is 2.28 bits per heavy atom. The maximum absolute atomic E-state index is 14.1. The summed E-state index contributed by atoms with van der Waals surface area (Å²) in [6.45, 7) is 1.63. The van der Waals surface area contributed by atoms with E-state index in [1.807, 2.05) is 0 Å². The van der Waals surface area contributed by atoms with Crippen LogP contribution < -0.4 is 24.6 Å². The molecule has 0 aliphatic carbocycles. The highest BCUT2D eigenvalue weighted by Gasteiger charge is 2.57. The minimum atomic E-state index is -0.851.